The highest BCUT2D eigenvalue weighted by atomic mass is 16.5. The molecular weight excluding hydrogens is 330 g/mol. The van der Waals surface area contributed by atoms with E-state index in [4.69, 9.17) is 9.47 Å². The van der Waals surface area contributed by atoms with Crippen molar-refractivity contribution in [3.05, 3.63) is 42.6 Å². The number of benzene rings is 1. The van der Waals surface area contributed by atoms with E-state index in [0.717, 1.165) is 25.1 Å². The molecule has 0 aliphatic carbocycles. The van der Waals surface area contributed by atoms with Gasteiger partial charge in [0.15, 0.2) is 0 Å². The third kappa shape index (κ3) is 3.52. The van der Waals surface area contributed by atoms with E-state index in [1.165, 1.54) is 0 Å². The predicted octanol–water partition coefficient (Wildman–Crippen LogP) is 3.03. The zero-order valence-electron chi connectivity index (χ0n) is 15.0. The largest absolute Gasteiger partial charge is 0.439 e. The lowest BCUT2D eigenvalue weighted by Crippen LogP contribution is -2.52. The van der Waals surface area contributed by atoms with Gasteiger partial charge in [0.25, 0.3) is 0 Å². The fourth-order valence-corrected chi connectivity index (χ4v) is 3.98. The fraction of sp³-hybridized carbons (Fsp3) is 0.500. The molecule has 3 heterocycles. The van der Waals surface area contributed by atoms with Crippen LogP contribution in [0.2, 0.25) is 0 Å². The van der Waals surface area contributed by atoms with Crippen LogP contribution in [0, 0.1) is 5.92 Å². The SMILES string of the molecule is C[C@]1(O)CCOC[C@H]1[C@@H]1CCCN1c1nccc(Oc2ccccc2)n1. The molecule has 2 aliphatic heterocycles. The Morgan fingerprint density at radius 1 is 1.27 bits per heavy atom. The molecule has 6 heteroatoms. The summed E-state index contributed by atoms with van der Waals surface area (Å²) in [6.07, 6.45) is 4.47. The molecule has 0 unspecified atom stereocenters. The van der Waals surface area contributed by atoms with Gasteiger partial charge in [0.2, 0.25) is 11.8 Å². The Morgan fingerprint density at radius 2 is 2.12 bits per heavy atom. The molecule has 3 atom stereocenters. The number of ether oxygens (including phenoxy) is 2. The average Bonchev–Trinajstić information content (AvgIpc) is 3.12. The molecule has 6 nitrogen and oxygen atoms in total. The molecule has 1 aromatic carbocycles. The molecule has 2 aliphatic rings. The number of para-hydroxylation sites is 1. The van der Waals surface area contributed by atoms with Crippen molar-refractivity contribution in [2.24, 2.45) is 5.92 Å². The first-order valence-electron chi connectivity index (χ1n) is 9.26. The standard InChI is InChI=1S/C20H25N3O3/c1-20(24)10-13-25-14-16(20)17-8-5-12-23(17)19-21-11-9-18(22-19)26-15-6-3-2-4-7-15/h2-4,6-7,9,11,16-17,24H,5,8,10,12-14H2,1H3/t16-,17-,20-/m0/s1. The van der Waals surface area contributed by atoms with Crippen LogP contribution < -0.4 is 9.64 Å². The lowest BCUT2D eigenvalue weighted by Gasteiger charge is -2.43. The second-order valence-corrected chi connectivity index (χ2v) is 7.30. The number of hydrogen-bond donors (Lipinski definition) is 1. The summed E-state index contributed by atoms with van der Waals surface area (Å²) in [6, 6.07) is 11.6. The van der Waals surface area contributed by atoms with E-state index in [9.17, 15) is 5.11 Å². The van der Waals surface area contributed by atoms with E-state index in [1.807, 2.05) is 37.3 Å². The second kappa shape index (κ2) is 7.21. The Bertz CT molecular complexity index is 738. The third-order valence-electron chi connectivity index (χ3n) is 5.45. The highest BCUT2D eigenvalue weighted by Gasteiger charge is 2.44. The second-order valence-electron chi connectivity index (χ2n) is 7.30. The summed E-state index contributed by atoms with van der Waals surface area (Å²) in [6.45, 7) is 4.00. The zero-order chi connectivity index (χ0) is 18.0. The molecule has 1 N–H and O–H groups in total. The smallest absolute Gasteiger partial charge is 0.228 e. The Balaban J connectivity index is 1.55. The zero-order valence-corrected chi connectivity index (χ0v) is 15.0. The number of aromatic nitrogens is 2. The Kier molecular flexibility index (Phi) is 4.78. The van der Waals surface area contributed by atoms with Crippen molar-refractivity contribution in [2.75, 3.05) is 24.7 Å². The van der Waals surface area contributed by atoms with E-state index in [1.54, 1.807) is 12.3 Å². The topological polar surface area (TPSA) is 67.7 Å². The van der Waals surface area contributed by atoms with Crippen LogP contribution in [-0.2, 0) is 4.74 Å². The van der Waals surface area contributed by atoms with Crippen LogP contribution in [0.25, 0.3) is 0 Å². The summed E-state index contributed by atoms with van der Waals surface area (Å²) in [4.78, 5) is 11.3. The molecule has 0 amide bonds. The summed E-state index contributed by atoms with van der Waals surface area (Å²) in [5, 5.41) is 10.8. The van der Waals surface area contributed by atoms with Gasteiger partial charge in [-0.1, -0.05) is 18.2 Å². The molecule has 138 valence electrons. The van der Waals surface area contributed by atoms with Crippen LogP contribution in [-0.4, -0.2) is 46.5 Å². The lowest BCUT2D eigenvalue weighted by molar-refractivity contribution is -0.108. The molecule has 2 saturated heterocycles. The molecule has 2 aromatic rings. The molecule has 2 fully saturated rings. The van der Waals surface area contributed by atoms with Crippen molar-refractivity contribution >= 4 is 5.95 Å². The van der Waals surface area contributed by atoms with Gasteiger partial charge in [0.1, 0.15) is 5.75 Å². The van der Waals surface area contributed by atoms with Gasteiger partial charge in [0.05, 0.1) is 12.2 Å². The van der Waals surface area contributed by atoms with Gasteiger partial charge in [-0.15, -0.1) is 0 Å². The number of anilines is 1. The Morgan fingerprint density at radius 3 is 2.92 bits per heavy atom. The normalized spacial score (nSPS) is 28.9. The van der Waals surface area contributed by atoms with Crippen molar-refractivity contribution in [1.29, 1.82) is 0 Å². The van der Waals surface area contributed by atoms with Crippen LogP contribution >= 0.6 is 0 Å². The molecule has 0 saturated carbocycles. The van der Waals surface area contributed by atoms with Crippen molar-refractivity contribution in [2.45, 2.75) is 37.8 Å². The van der Waals surface area contributed by atoms with E-state index in [2.05, 4.69) is 14.9 Å². The van der Waals surface area contributed by atoms with E-state index < -0.39 is 5.60 Å². The highest BCUT2D eigenvalue weighted by Crippen LogP contribution is 2.37. The summed E-state index contributed by atoms with van der Waals surface area (Å²) in [5.41, 5.74) is -0.719. The monoisotopic (exact) mass is 355 g/mol. The maximum Gasteiger partial charge on any atom is 0.228 e. The lowest BCUT2D eigenvalue weighted by atomic mass is 9.79. The van der Waals surface area contributed by atoms with E-state index in [-0.39, 0.29) is 12.0 Å². The number of hydrogen-bond acceptors (Lipinski definition) is 6. The van der Waals surface area contributed by atoms with Crippen LogP contribution in [0.5, 0.6) is 11.6 Å². The Hall–Kier alpha value is -2.18. The van der Waals surface area contributed by atoms with Crippen LogP contribution in [0.4, 0.5) is 5.95 Å². The van der Waals surface area contributed by atoms with Crippen LogP contribution in [0.1, 0.15) is 26.2 Å². The summed E-state index contributed by atoms with van der Waals surface area (Å²) >= 11 is 0. The average molecular weight is 355 g/mol. The van der Waals surface area contributed by atoms with Crippen molar-refractivity contribution in [1.82, 2.24) is 9.97 Å². The van der Waals surface area contributed by atoms with Crippen molar-refractivity contribution < 1.29 is 14.6 Å². The van der Waals surface area contributed by atoms with Crippen molar-refractivity contribution in [3.8, 4) is 11.6 Å². The predicted molar refractivity (Wildman–Crippen MR) is 98.5 cm³/mol. The van der Waals surface area contributed by atoms with E-state index in [0.29, 0.717) is 31.5 Å². The highest BCUT2D eigenvalue weighted by molar-refractivity contribution is 5.37. The number of nitrogens with zero attached hydrogens (tertiary/aromatic N) is 3. The molecular formula is C20H25N3O3. The van der Waals surface area contributed by atoms with Gasteiger partial charge < -0.3 is 19.5 Å². The molecule has 26 heavy (non-hydrogen) atoms. The molecule has 4 rings (SSSR count). The number of rotatable bonds is 4. The summed E-state index contributed by atoms with van der Waals surface area (Å²) < 4.78 is 11.5. The maximum atomic E-state index is 10.8. The molecule has 0 bridgehead atoms. The minimum Gasteiger partial charge on any atom is -0.439 e. The fourth-order valence-electron chi connectivity index (χ4n) is 3.98. The summed E-state index contributed by atoms with van der Waals surface area (Å²) in [7, 11) is 0. The maximum absolute atomic E-state index is 10.8. The minimum atomic E-state index is -0.719. The van der Waals surface area contributed by atoms with Crippen LogP contribution in [0.15, 0.2) is 42.6 Å². The number of aliphatic hydroxyl groups is 1. The first kappa shape index (κ1) is 17.2. The minimum absolute atomic E-state index is 0.0565. The Labute approximate surface area is 153 Å². The first-order chi connectivity index (χ1) is 12.6. The van der Waals surface area contributed by atoms with E-state index >= 15 is 0 Å². The first-order valence-corrected chi connectivity index (χ1v) is 9.26. The molecule has 1 aromatic heterocycles. The molecule has 0 radical (unpaired) electrons. The third-order valence-corrected chi connectivity index (χ3v) is 5.45. The quantitative estimate of drug-likeness (QED) is 0.909. The van der Waals surface area contributed by atoms with Gasteiger partial charge in [-0.05, 0) is 38.3 Å². The van der Waals surface area contributed by atoms with Gasteiger partial charge >= 0.3 is 0 Å². The van der Waals surface area contributed by atoms with Crippen LogP contribution in [0.3, 0.4) is 0 Å². The molecule has 0 spiro atoms. The summed E-state index contributed by atoms with van der Waals surface area (Å²) in [5.74, 6) is 1.99. The van der Waals surface area contributed by atoms with Gasteiger partial charge in [-0.2, -0.15) is 4.98 Å². The van der Waals surface area contributed by atoms with Gasteiger partial charge in [-0.25, -0.2) is 4.98 Å². The van der Waals surface area contributed by atoms with Gasteiger partial charge in [-0.3, -0.25) is 0 Å². The van der Waals surface area contributed by atoms with Gasteiger partial charge in [0, 0.05) is 37.4 Å². The van der Waals surface area contributed by atoms with Crippen molar-refractivity contribution in [3.63, 3.8) is 0 Å².